The van der Waals surface area contributed by atoms with Gasteiger partial charge in [-0.2, -0.15) is 0 Å². The number of carbonyl (C=O) groups excluding carboxylic acids is 1. The standard InChI is InChI=1S/C12H17BrN2OS/c1-12(2)5-9(14)6-15(12)11(16)4-10-3-8(13)7-17-10/h3,7,9H,4-6,14H2,1-2H3. The molecule has 1 atom stereocenters. The van der Waals surface area contributed by atoms with Crippen LogP contribution in [0.25, 0.3) is 0 Å². The van der Waals surface area contributed by atoms with Gasteiger partial charge in [0.1, 0.15) is 0 Å². The number of nitrogens with zero attached hydrogens (tertiary/aromatic N) is 1. The zero-order valence-electron chi connectivity index (χ0n) is 10.1. The average molecular weight is 317 g/mol. The molecule has 5 heteroatoms. The van der Waals surface area contributed by atoms with Crippen LogP contribution < -0.4 is 5.73 Å². The summed E-state index contributed by atoms with van der Waals surface area (Å²) in [5, 5.41) is 2.00. The van der Waals surface area contributed by atoms with Crippen LogP contribution in [0, 0.1) is 0 Å². The Morgan fingerprint density at radius 1 is 1.71 bits per heavy atom. The van der Waals surface area contributed by atoms with Gasteiger partial charge in [0.15, 0.2) is 0 Å². The molecular formula is C12H17BrN2OS. The number of rotatable bonds is 2. The molecule has 17 heavy (non-hydrogen) atoms. The highest BCUT2D eigenvalue weighted by Gasteiger charge is 2.39. The quantitative estimate of drug-likeness (QED) is 0.910. The summed E-state index contributed by atoms with van der Waals surface area (Å²) in [4.78, 5) is 15.3. The van der Waals surface area contributed by atoms with Gasteiger partial charge in [0.05, 0.1) is 6.42 Å². The van der Waals surface area contributed by atoms with Crippen LogP contribution in [0.1, 0.15) is 25.1 Å². The molecule has 0 aromatic carbocycles. The van der Waals surface area contributed by atoms with E-state index in [9.17, 15) is 4.79 Å². The Morgan fingerprint density at radius 2 is 2.41 bits per heavy atom. The van der Waals surface area contributed by atoms with E-state index in [4.69, 9.17) is 5.73 Å². The van der Waals surface area contributed by atoms with Crippen molar-refractivity contribution in [3.8, 4) is 0 Å². The van der Waals surface area contributed by atoms with Crippen molar-refractivity contribution in [2.45, 2.75) is 38.3 Å². The molecule has 3 nitrogen and oxygen atoms in total. The maximum atomic E-state index is 12.2. The van der Waals surface area contributed by atoms with Gasteiger partial charge in [-0.05, 0) is 42.3 Å². The van der Waals surface area contributed by atoms with Crippen molar-refractivity contribution in [1.82, 2.24) is 4.90 Å². The first kappa shape index (κ1) is 13.1. The van der Waals surface area contributed by atoms with Crippen LogP contribution in [-0.4, -0.2) is 28.9 Å². The third-order valence-corrected chi connectivity index (χ3v) is 4.86. The first-order valence-corrected chi connectivity index (χ1v) is 7.35. The van der Waals surface area contributed by atoms with Crippen molar-refractivity contribution in [3.05, 3.63) is 20.8 Å². The van der Waals surface area contributed by atoms with Crippen LogP contribution in [0.2, 0.25) is 0 Å². The molecule has 2 heterocycles. The van der Waals surface area contributed by atoms with Crippen LogP contribution in [0.3, 0.4) is 0 Å². The van der Waals surface area contributed by atoms with Crippen molar-refractivity contribution in [2.75, 3.05) is 6.54 Å². The van der Waals surface area contributed by atoms with E-state index in [-0.39, 0.29) is 17.5 Å². The molecule has 1 aliphatic heterocycles. The molecule has 0 spiro atoms. The van der Waals surface area contributed by atoms with E-state index >= 15 is 0 Å². The Kier molecular flexibility index (Phi) is 3.61. The van der Waals surface area contributed by atoms with Gasteiger partial charge in [0.2, 0.25) is 5.91 Å². The second kappa shape index (κ2) is 4.71. The van der Waals surface area contributed by atoms with Crippen LogP contribution in [0.15, 0.2) is 15.9 Å². The Hall–Kier alpha value is -0.390. The molecule has 0 bridgehead atoms. The fraction of sp³-hybridized carbons (Fsp3) is 0.583. The van der Waals surface area contributed by atoms with Gasteiger partial charge < -0.3 is 10.6 Å². The van der Waals surface area contributed by atoms with Gasteiger partial charge >= 0.3 is 0 Å². The van der Waals surface area contributed by atoms with E-state index in [1.54, 1.807) is 11.3 Å². The predicted octanol–water partition coefficient (Wildman–Crippen LogP) is 2.39. The lowest BCUT2D eigenvalue weighted by atomic mass is 10.0. The minimum absolute atomic E-state index is 0.106. The first-order chi connectivity index (χ1) is 7.88. The highest BCUT2D eigenvalue weighted by Crippen LogP contribution is 2.29. The summed E-state index contributed by atoms with van der Waals surface area (Å²) in [6, 6.07) is 2.12. The SMILES string of the molecule is CC1(C)CC(N)CN1C(=O)Cc1cc(Br)cs1. The van der Waals surface area contributed by atoms with Crippen LogP contribution in [-0.2, 0) is 11.2 Å². The first-order valence-electron chi connectivity index (χ1n) is 5.67. The molecule has 94 valence electrons. The van der Waals surface area contributed by atoms with Gasteiger partial charge in [0, 0.05) is 32.9 Å². The van der Waals surface area contributed by atoms with Crippen molar-refractivity contribution in [2.24, 2.45) is 5.73 Å². The molecule has 1 saturated heterocycles. The molecule has 0 aliphatic carbocycles. The molecule has 0 saturated carbocycles. The molecular weight excluding hydrogens is 300 g/mol. The number of thiophene rings is 1. The summed E-state index contributed by atoms with van der Waals surface area (Å²) >= 11 is 5.02. The molecule has 1 amide bonds. The number of hydrogen-bond donors (Lipinski definition) is 1. The van der Waals surface area contributed by atoms with Crippen LogP contribution in [0.4, 0.5) is 0 Å². The summed E-state index contributed by atoms with van der Waals surface area (Å²) < 4.78 is 1.04. The lowest BCUT2D eigenvalue weighted by Gasteiger charge is -2.31. The topological polar surface area (TPSA) is 46.3 Å². The Balaban J connectivity index is 2.05. The lowest BCUT2D eigenvalue weighted by molar-refractivity contribution is -0.133. The second-order valence-corrected chi connectivity index (χ2v) is 7.10. The fourth-order valence-corrected chi connectivity index (χ4v) is 3.87. The van der Waals surface area contributed by atoms with Gasteiger partial charge in [-0.25, -0.2) is 0 Å². The number of nitrogens with two attached hydrogens (primary N) is 1. The zero-order chi connectivity index (χ0) is 12.6. The number of likely N-dealkylation sites (tertiary alicyclic amines) is 1. The Morgan fingerprint density at radius 3 is 2.88 bits per heavy atom. The Labute approximate surface area is 114 Å². The number of carbonyl (C=O) groups is 1. The molecule has 1 aliphatic rings. The minimum Gasteiger partial charge on any atom is -0.336 e. The van der Waals surface area contributed by atoms with Crippen molar-refractivity contribution in [3.63, 3.8) is 0 Å². The third-order valence-electron chi connectivity index (χ3n) is 3.16. The summed E-state index contributed by atoms with van der Waals surface area (Å²) in [6.07, 6.45) is 1.36. The van der Waals surface area contributed by atoms with Gasteiger partial charge in [0.25, 0.3) is 0 Å². The highest BCUT2D eigenvalue weighted by molar-refractivity contribution is 9.10. The molecule has 2 N–H and O–H groups in total. The smallest absolute Gasteiger partial charge is 0.228 e. The second-order valence-electron chi connectivity index (χ2n) is 5.19. The number of hydrogen-bond acceptors (Lipinski definition) is 3. The van der Waals surface area contributed by atoms with E-state index in [0.29, 0.717) is 13.0 Å². The predicted molar refractivity (Wildman–Crippen MR) is 74.1 cm³/mol. The summed E-state index contributed by atoms with van der Waals surface area (Å²) in [5.74, 6) is 0.178. The highest BCUT2D eigenvalue weighted by atomic mass is 79.9. The number of amides is 1. The summed E-state index contributed by atoms with van der Waals surface area (Å²) in [5.41, 5.74) is 5.83. The monoisotopic (exact) mass is 316 g/mol. The van der Waals surface area contributed by atoms with Gasteiger partial charge in [-0.3, -0.25) is 4.79 Å². The van der Waals surface area contributed by atoms with E-state index in [1.807, 2.05) is 16.3 Å². The van der Waals surface area contributed by atoms with E-state index in [2.05, 4.69) is 29.8 Å². The van der Waals surface area contributed by atoms with E-state index < -0.39 is 0 Å². The summed E-state index contributed by atoms with van der Waals surface area (Å²) in [7, 11) is 0. The van der Waals surface area contributed by atoms with Crippen molar-refractivity contribution >= 4 is 33.2 Å². The molecule has 2 rings (SSSR count). The third kappa shape index (κ3) is 2.89. The zero-order valence-corrected chi connectivity index (χ0v) is 12.5. The molecule has 0 radical (unpaired) electrons. The van der Waals surface area contributed by atoms with E-state index in [0.717, 1.165) is 15.8 Å². The van der Waals surface area contributed by atoms with Crippen molar-refractivity contribution < 1.29 is 4.79 Å². The largest absolute Gasteiger partial charge is 0.336 e. The molecule has 1 aromatic rings. The molecule has 1 unspecified atom stereocenters. The van der Waals surface area contributed by atoms with Gasteiger partial charge in [-0.1, -0.05) is 0 Å². The minimum atomic E-state index is -0.106. The van der Waals surface area contributed by atoms with E-state index in [1.165, 1.54) is 0 Å². The molecule has 1 fully saturated rings. The average Bonchev–Trinajstić information content (AvgIpc) is 2.69. The van der Waals surface area contributed by atoms with Crippen LogP contribution in [0.5, 0.6) is 0 Å². The number of halogens is 1. The van der Waals surface area contributed by atoms with Crippen LogP contribution >= 0.6 is 27.3 Å². The maximum absolute atomic E-state index is 12.2. The van der Waals surface area contributed by atoms with Gasteiger partial charge in [-0.15, -0.1) is 11.3 Å². The summed E-state index contributed by atoms with van der Waals surface area (Å²) in [6.45, 7) is 4.85. The fourth-order valence-electron chi connectivity index (χ4n) is 2.43. The maximum Gasteiger partial charge on any atom is 0.228 e. The molecule has 1 aromatic heterocycles. The Bertz CT molecular complexity index is 430. The lowest BCUT2D eigenvalue weighted by Crippen LogP contribution is -2.43. The van der Waals surface area contributed by atoms with Crippen molar-refractivity contribution in [1.29, 1.82) is 0 Å². The normalized spacial score (nSPS) is 23.1.